The van der Waals surface area contributed by atoms with Gasteiger partial charge >= 0.3 is 5.97 Å². The van der Waals surface area contributed by atoms with Gasteiger partial charge in [0.2, 0.25) is 0 Å². The first-order valence-electron chi connectivity index (χ1n) is 4.86. The van der Waals surface area contributed by atoms with Crippen LogP contribution in [0.4, 0.5) is 0 Å². The zero-order valence-electron chi connectivity index (χ0n) is 9.50. The predicted molar refractivity (Wildman–Crippen MR) is 57.1 cm³/mol. The minimum Gasteiger partial charge on any atom is -0.481 e. The van der Waals surface area contributed by atoms with Crippen LogP contribution in [0.5, 0.6) is 0 Å². The van der Waals surface area contributed by atoms with Gasteiger partial charge in [-0.2, -0.15) is 5.10 Å². The van der Waals surface area contributed by atoms with Crippen LogP contribution < -0.4 is 5.32 Å². The first kappa shape index (κ1) is 12.2. The van der Waals surface area contributed by atoms with Crippen LogP contribution in [-0.4, -0.2) is 33.7 Å². The van der Waals surface area contributed by atoms with Crippen molar-refractivity contribution < 1.29 is 14.7 Å². The largest absolute Gasteiger partial charge is 0.481 e. The van der Waals surface area contributed by atoms with Crippen LogP contribution >= 0.6 is 0 Å². The molecule has 6 heteroatoms. The number of aromatic nitrogens is 2. The van der Waals surface area contributed by atoms with Crippen LogP contribution in [0.1, 0.15) is 29.9 Å². The average Bonchev–Trinajstić information content (AvgIpc) is 2.61. The summed E-state index contributed by atoms with van der Waals surface area (Å²) in [7, 11) is 0. The van der Waals surface area contributed by atoms with Gasteiger partial charge in [-0.25, -0.2) is 0 Å². The van der Waals surface area contributed by atoms with Gasteiger partial charge in [-0.3, -0.25) is 14.7 Å². The highest BCUT2D eigenvalue weighted by Gasteiger charge is 2.27. The Balaban J connectivity index is 2.61. The number of carboxylic acid groups (broad SMARTS) is 1. The lowest BCUT2D eigenvalue weighted by atomic mass is 9.94. The molecule has 0 saturated heterocycles. The second-order valence-corrected chi connectivity index (χ2v) is 4.28. The van der Waals surface area contributed by atoms with Crippen LogP contribution in [0.3, 0.4) is 0 Å². The van der Waals surface area contributed by atoms with Crippen molar-refractivity contribution in [2.45, 2.75) is 20.8 Å². The Kier molecular flexibility index (Phi) is 3.31. The van der Waals surface area contributed by atoms with Crippen LogP contribution in [0, 0.1) is 12.3 Å². The maximum Gasteiger partial charge on any atom is 0.310 e. The second-order valence-electron chi connectivity index (χ2n) is 4.28. The molecule has 1 amide bonds. The summed E-state index contributed by atoms with van der Waals surface area (Å²) in [5, 5.41) is 17.8. The molecule has 0 aliphatic rings. The molecule has 1 rings (SSSR count). The fourth-order valence-electron chi connectivity index (χ4n) is 1.05. The van der Waals surface area contributed by atoms with Crippen molar-refractivity contribution in [1.29, 1.82) is 0 Å². The lowest BCUT2D eigenvalue weighted by molar-refractivity contribution is -0.146. The van der Waals surface area contributed by atoms with Gasteiger partial charge in [0.05, 0.1) is 17.2 Å². The number of aliphatic carboxylic acids is 1. The summed E-state index contributed by atoms with van der Waals surface area (Å²) >= 11 is 0. The summed E-state index contributed by atoms with van der Waals surface area (Å²) in [6.07, 6.45) is 1.42. The predicted octanol–water partition coefficient (Wildman–Crippen LogP) is 0.559. The van der Waals surface area contributed by atoms with Gasteiger partial charge in [0.1, 0.15) is 0 Å². The topological polar surface area (TPSA) is 95.1 Å². The molecule has 0 atom stereocenters. The van der Waals surface area contributed by atoms with Gasteiger partial charge in [-0.15, -0.1) is 0 Å². The molecule has 0 bridgehead atoms. The van der Waals surface area contributed by atoms with E-state index in [2.05, 4.69) is 15.5 Å². The van der Waals surface area contributed by atoms with Gasteiger partial charge in [0.15, 0.2) is 0 Å². The Morgan fingerprint density at radius 1 is 1.56 bits per heavy atom. The Morgan fingerprint density at radius 2 is 2.19 bits per heavy atom. The number of carboxylic acids is 1. The van der Waals surface area contributed by atoms with Crippen molar-refractivity contribution in [3.05, 3.63) is 17.5 Å². The first-order valence-corrected chi connectivity index (χ1v) is 4.86. The number of carbonyl (C=O) groups is 2. The average molecular weight is 225 g/mol. The Labute approximate surface area is 93.1 Å². The Hall–Kier alpha value is -1.85. The Bertz CT molecular complexity index is 409. The molecular weight excluding hydrogens is 210 g/mol. The minimum atomic E-state index is -0.979. The molecule has 0 aromatic carbocycles. The number of carbonyl (C=O) groups excluding carboxylic acids is 1. The smallest absolute Gasteiger partial charge is 0.310 e. The molecule has 0 spiro atoms. The molecular formula is C10H15N3O3. The number of aryl methyl sites for hydroxylation is 1. The minimum absolute atomic E-state index is 0.0752. The third-order valence-electron chi connectivity index (χ3n) is 2.34. The highest BCUT2D eigenvalue weighted by atomic mass is 16.4. The van der Waals surface area contributed by atoms with Gasteiger partial charge in [-0.05, 0) is 20.8 Å². The third kappa shape index (κ3) is 2.59. The summed E-state index contributed by atoms with van der Waals surface area (Å²) in [4.78, 5) is 22.4. The summed E-state index contributed by atoms with van der Waals surface area (Å²) in [6.45, 7) is 4.91. The molecule has 1 aromatic heterocycles. The lowest BCUT2D eigenvalue weighted by Gasteiger charge is -2.19. The first-order chi connectivity index (χ1) is 7.34. The van der Waals surface area contributed by atoms with E-state index in [1.165, 1.54) is 6.20 Å². The normalized spacial score (nSPS) is 11.2. The molecule has 88 valence electrons. The van der Waals surface area contributed by atoms with Crippen molar-refractivity contribution in [2.24, 2.45) is 5.41 Å². The summed E-state index contributed by atoms with van der Waals surface area (Å²) in [5.41, 5.74) is 0.111. The van der Waals surface area contributed by atoms with E-state index < -0.39 is 11.4 Å². The van der Waals surface area contributed by atoms with Gasteiger partial charge in [0, 0.05) is 12.2 Å². The summed E-state index contributed by atoms with van der Waals surface area (Å²) in [5.74, 6) is -1.27. The zero-order valence-corrected chi connectivity index (χ0v) is 9.50. The van der Waals surface area contributed by atoms with Gasteiger partial charge in [-0.1, -0.05) is 0 Å². The number of nitrogens with zero attached hydrogens (tertiary/aromatic N) is 1. The molecule has 6 nitrogen and oxygen atoms in total. The number of aromatic amines is 1. The molecule has 0 unspecified atom stereocenters. The molecule has 0 aliphatic carbocycles. The monoisotopic (exact) mass is 225 g/mol. The maximum absolute atomic E-state index is 11.6. The van der Waals surface area contributed by atoms with Crippen LogP contribution in [0.15, 0.2) is 6.20 Å². The van der Waals surface area contributed by atoms with E-state index >= 15 is 0 Å². The number of amides is 1. The number of nitrogens with one attached hydrogen (secondary N) is 2. The summed E-state index contributed by atoms with van der Waals surface area (Å²) in [6, 6.07) is 0. The fraction of sp³-hybridized carbons (Fsp3) is 0.500. The van der Waals surface area contributed by atoms with E-state index in [0.29, 0.717) is 11.3 Å². The van der Waals surface area contributed by atoms with Crippen LogP contribution in [0.25, 0.3) is 0 Å². The number of H-pyrrole nitrogens is 1. The van der Waals surface area contributed by atoms with Crippen molar-refractivity contribution in [3.8, 4) is 0 Å². The third-order valence-corrected chi connectivity index (χ3v) is 2.34. The van der Waals surface area contributed by atoms with Crippen molar-refractivity contribution in [2.75, 3.05) is 6.54 Å². The quantitative estimate of drug-likeness (QED) is 0.697. The van der Waals surface area contributed by atoms with Crippen molar-refractivity contribution in [3.63, 3.8) is 0 Å². The highest BCUT2D eigenvalue weighted by molar-refractivity contribution is 5.95. The van der Waals surface area contributed by atoms with E-state index in [-0.39, 0.29) is 12.5 Å². The van der Waals surface area contributed by atoms with Crippen molar-refractivity contribution in [1.82, 2.24) is 15.5 Å². The highest BCUT2D eigenvalue weighted by Crippen LogP contribution is 2.13. The molecule has 0 saturated carbocycles. The molecule has 0 aliphatic heterocycles. The lowest BCUT2D eigenvalue weighted by Crippen LogP contribution is -2.39. The maximum atomic E-state index is 11.6. The Morgan fingerprint density at radius 3 is 2.62 bits per heavy atom. The van der Waals surface area contributed by atoms with E-state index in [1.807, 2.05) is 0 Å². The van der Waals surface area contributed by atoms with Crippen LogP contribution in [-0.2, 0) is 4.79 Å². The fourth-order valence-corrected chi connectivity index (χ4v) is 1.05. The molecule has 1 aromatic rings. The van der Waals surface area contributed by atoms with Gasteiger partial charge in [0.25, 0.3) is 5.91 Å². The summed E-state index contributed by atoms with van der Waals surface area (Å²) < 4.78 is 0. The molecule has 0 radical (unpaired) electrons. The van der Waals surface area contributed by atoms with E-state index in [0.717, 1.165) is 0 Å². The molecule has 3 N–H and O–H groups in total. The number of rotatable bonds is 4. The van der Waals surface area contributed by atoms with Crippen LogP contribution in [0.2, 0.25) is 0 Å². The zero-order chi connectivity index (χ0) is 12.3. The number of hydrogen-bond acceptors (Lipinski definition) is 3. The van der Waals surface area contributed by atoms with Gasteiger partial charge < -0.3 is 10.4 Å². The second kappa shape index (κ2) is 4.34. The van der Waals surface area contributed by atoms with Crippen molar-refractivity contribution >= 4 is 11.9 Å². The van der Waals surface area contributed by atoms with E-state index in [4.69, 9.17) is 5.11 Å². The van der Waals surface area contributed by atoms with E-state index in [9.17, 15) is 9.59 Å². The SMILES string of the molecule is Cc1[nH]ncc1C(=O)NCC(C)(C)C(=O)O. The molecule has 0 fully saturated rings. The van der Waals surface area contributed by atoms with E-state index in [1.54, 1.807) is 20.8 Å². The number of hydrogen-bond donors (Lipinski definition) is 3. The standard InChI is InChI=1S/C10H15N3O3/c1-6-7(4-12-13-6)8(14)11-5-10(2,3)9(15)16/h4H,5H2,1-3H3,(H,11,14)(H,12,13)(H,15,16). The molecule has 16 heavy (non-hydrogen) atoms. The molecule has 1 heterocycles.